The van der Waals surface area contributed by atoms with Crippen molar-refractivity contribution in [2.75, 3.05) is 16.0 Å². The number of nitrogens with one attached hydrogen (secondary N) is 3. The minimum absolute atomic E-state index is 0.0216. The quantitative estimate of drug-likeness (QED) is 0.161. The predicted octanol–water partition coefficient (Wildman–Crippen LogP) is 7.43. The molecule has 43 heavy (non-hydrogen) atoms. The third-order valence-electron chi connectivity index (χ3n) is 6.94. The minimum atomic E-state index is -0.358. The van der Waals surface area contributed by atoms with Crippen molar-refractivity contribution < 1.29 is 19.2 Å². The molecule has 0 radical (unpaired) electrons. The fourth-order valence-corrected chi connectivity index (χ4v) is 4.51. The van der Waals surface area contributed by atoms with E-state index < -0.39 is 0 Å². The van der Waals surface area contributed by atoms with Crippen molar-refractivity contribution in [1.82, 2.24) is 0 Å². The summed E-state index contributed by atoms with van der Waals surface area (Å²) in [5.74, 6) is -1.29. The van der Waals surface area contributed by atoms with Crippen molar-refractivity contribution in [2.24, 2.45) is 0 Å². The molecule has 1 atom stereocenters. The van der Waals surface area contributed by atoms with Gasteiger partial charge in [-0.05, 0) is 72.3 Å². The van der Waals surface area contributed by atoms with E-state index in [-0.39, 0.29) is 29.4 Å². The van der Waals surface area contributed by atoms with E-state index in [9.17, 15) is 19.2 Å². The molecule has 212 valence electrons. The van der Waals surface area contributed by atoms with Crippen LogP contribution in [0.1, 0.15) is 59.8 Å². The Labute approximate surface area is 249 Å². The van der Waals surface area contributed by atoms with E-state index in [2.05, 4.69) is 16.0 Å². The summed E-state index contributed by atoms with van der Waals surface area (Å²) in [5, 5.41) is 8.45. The number of carbonyl (C=O) groups is 4. The Morgan fingerprint density at radius 3 is 1.28 bits per heavy atom. The highest BCUT2D eigenvalue weighted by atomic mass is 16.2. The van der Waals surface area contributed by atoms with Crippen LogP contribution in [0.4, 0.5) is 17.1 Å². The second-order valence-electron chi connectivity index (χ2n) is 9.96. The molecule has 0 aliphatic rings. The first-order valence-electron chi connectivity index (χ1n) is 13.8. The van der Waals surface area contributed by atoms with Gasteiger partial charge in [-0.2, -0.15) is 0 Å². The van der Waals surface area contributed by atoms with Gasteiger partial charge < -0.3 is 16.0 Å². The van der Waals surface area contributed by atoms with E-state index in [4.69, 9.17) is 0 Å². The molecule has 0 spiro atoms. The van der Waals surface area contributed by atoms with Gasteiger partial charge in [0.15, 0.2) is 5.78 Å². The Kier molecular flexibility index (Phi) is 8.83. The number of hydrogen-bond donors (Lipinski definition) is 3. The zero-order valence-corrected chi connectivity index (χ0v) is 23.4. The van der Waals surface area contributed by atoms with Gasteiger partial charge in [0.25, 0.3) is 17.7 Å². The summed E-state index contributed by atoms with van der Waals surface area (Å²) in [7, 11) is 0. The number of hydrogen-bond acceptors (Lipinski definition) is 4. The normalized spacial score (nSPS) is 11.2. The number of ketones is 1. The van der Waals surface area contributed by atoms with Gasteiger partial charge in [0.1, 0.15) is 0 Å². The largest absolute Gasteiger partial charge is 0.322 e. The fourth-order valence-electron chi connectivity index (χ4n) is 4.51. The molecular weight excluding hydrogens is 538 g/mol. The number of anilines is 3. The van der Waals surface area contributed by atoms with Gasteiger partial charge in [0.2, 0.25) is 0 Å². The van der Waals surface area contributed by atoms with E-state index >= 15 is 0 Å². The van der Waals surface area contributed by atoms with Crippen LogP contribution in [0.25, 0.3) is 0 Å². The molecule has 1 unspecified atom stereocenters. The topological polar surface area (TPSA) is 104 Å². The van der Waals surface area contributed by atoms with Crippen LogP contribution in [-0.4, -0.2) is 23.5 Å². The maximum absolute atomic E-state index is 12.9. The van der Waals surface area contributed by atoms with Gasteiger partial charge in [-0.3, -0.25) is 19.2 Å². The van der Waals surface area contributed by atoms with Crippen LogP contribution >= 0.6 is 0 Å². The first-order valence-corrected chi connectivity index (χ1v) is 13.8. The lowest BCUT2D eigenvalue weighted by Gasteiger charge is -2.12. The summed E-state index contributed by atoms with van der Waals surface area (Å²) in [5.41, 5.74) is 4.33. The lowest BCUT2D eigenvalue weighted by molar-refractivity contribution is 0.0962. The average Bonchev–Trinajstić information content (AvgIpc) is 3.05. The molecule has 3 amide bonds. The van der Waals surface area contributed by atoms with Gasteiger partial charge in [-0.25, -0.2) is 0 Å². The molecule has 7 nitrogen and oxygen atoms in total. The molecule has 5 aromatic rings. The molecule has 0 saturated carbocycles. The molecule has 0 aromatic heterocycles. The molecule has 7 heteroatoms. The molecular formula is C36H29N3O4. The first-order chi connectivity index (χ1) is 20.9. The summed E-state index contributed by atoms with van der Waals surface area (Å²) in [6.45, 7) is 1.87. The third-order valence-corrected chi connectivity index (χ3v) is 6.94. The number of benzene rings is 5. The standard InChI is InChI=1S/C36H29N3O4/c1-24(25-9-4-2-5-10-25)33(40)26-15-17-27(18-16-26)35(42)38-31-13-8-14-32(23-31)39-36(43)29-21-19-28(20-22-29)34(41)37-30-11-6-3-7-12-30/h2-24H,1H3,(H,37,41)(H,38,42)(H,39,43). The van der Waals surface area contributed by atoms with E-state index in [1.54, 1.807) is 84.9 Å². The summed E-state index contributed by atoms with van der Waals surface area (Å²) in [4.78, 5) is 51.1. The summed E-state index contributed by atoms with van der Waals surface area (Å²) < 4.78 is 0. The Morgan fingerprint density at radius 1 is 0.442 bits per heavy atom. The zero-order chi connectivity index (χ0) is 30.2. The molecule has 3 N–H and O–H groups in total. The maximum atomic E-state index is 12.9. The molecule has 0 aliphatic heterocycles. The Bertz CT molecular complexity index is 1750. The molecule has 0 aliphatic carbocycles. The smallest absolute Gasteiger partial charge is 0.255 e. The highest BCUT2D eigenvalue weighted by Gasteiger charge is 2.18. The number of carbonyl (C=O) groups excluding carboxylic acids is 4. The monoisotopic (exact) mass is 567 g/mol. The summed E-state index contributed by atoms with van der Waals surface area (Å²) in [6.07, 6.45) is 0. The maximum Gasteiger partial charge on any atom is 0.255 e. The van der Waals surface area contributed by atoms with E-state index in [0.717, 1.165) is 5.56 Å². The van der Waals surface area contributed by atoms with Crippen LogP contribution in [-0.2, 0) is 0 Å². The SMILES string of the molecule is CC(C(=O)c1ccc(C(=O)Nc2cccc(NC(=O)c3ccc(C(=O)Nc4ccccc4)cc3)c2)cc1)c1ccccc1. The highest BCUT2D eigenvalue weighted by molar-refractivity contribution is 6.08. The molecule has 0 fully saturated rings. The molecule has 0 saturated heterocycles. The minimum Gasteiger partial charge on any atom is -0.322 e. The van der Waals surface area contributed by atoms with Crippen LogP contribution < -0.4 is 16.0 Å². The van der Waals surface area contributed by atoms with Crippen LogP contribution in [0.2, 0.25) is 0 Å². The van der Waals surface area contributed by atoms with Crippen LogP contribution in [0.15, 0.2) is 133 Å². The summed E-state index contributed by atoms with van der Waals surface area (Å²) in [6, 6.07) is 38.4. The molecule has 5 rings (SSSR count). The van der Waals surface area contributed by atoms with Crippen LogP contribution in [0.3, 0.4) is 0 Å². The van der Waals surface area contributed by atoms with Crippen LogP contribution in [0.5, 0.6) is 0 Å². The van der Waals surface area contributed by atoms with E-state index in [1.807, 2.05) is 55.5 Å². The summed E-state index contributed by atoms with van der Waals surface area (Å²) >= 11 is 0. The lowest BCUT2D eigenvalue weighted by atomic mass is 9.92. The van der Waals surface area contributed by atoms with Gasteiger partial charge in [0.05, 0.1) is 0 Å². The Morgan fingerprint density at radius 2 is 0.814 bits per heavy atom. The Hall–Kier alpha value is -5.82. The lowest BCUT2D eigenvalue weighted by Crippen LogP contribution is -2.15. The Balaban J connectivity index is 1.18. The zero-order valence-electron chi connectivity index (χ0n) is 23.4. The number of para-hydroxylation sites is 1. The van der Waals surface area contributed by atoms with Crippen molar-refractivity contribution >= 4 is 40.6 Å². The third kappa shape index (κ3) is 7.28. The van der Waals surface area contributed by atoms with Gasteiger partial charge in [0, 0.05) is 45.2 Å². The van der Waals surface area contributed by atoms with Gasteiger partial charge in [-0.15, -0.1) is 0 Å². The fraction of sp³-hybridized carbons (Fsp3) is 0.0556. The average molecular weight is 568 g/mol. The second kappa shape index (κ2) is 13.2. The molecule has 5 aromatic carbocycles. The molecule has 0 bridgehead atoms. The van der Waals surface area contributed by atoms with Gasteiger partial charge in [-0.1, -0.05) is 73.7 Å². The van der Waals surface area contributed by atoms with Gasteiger partial charge >= 0.3 is 0 Å². The van der Waals surface area contributed by atoms with Crippen LogP contribution in [0, 0.1) is 0 Å². The second-order valence-corrected chi connectivity index (χ2v) is 9.96. The van der Waals surface area contributed by atoms with Crippen molar-refractivity contribution in [1.29, 1.82) is 0 Å². The van der Waals surface area contributed by atoms with Crippen molar-refractivity contribution in [3.8, 4) is 0 Å². The van der Waals surface area contributed by atoms with Crippen molar-refractivity contribution in [3.63, 3.8) is 0 Å². The first kappa shape index (κ1) is 28.7. The van der Waals surface area contributed by atoms with Crippen molar-refractivity contribution in [3.05, 3.63) is 161 Å². The van der Waals surface area contributed by atoms with Crippen molar-refractivity contribution in [2.45, 2.75) is 12.8 Å². The van der Waals surface area contributed by atoms with E-state index in [1.165, 1.54) is 0 Å². The predicted molar refractivity (Wildman–Crippen MR) is 169 cm³/mol. The van der Waals surface area contributed by atoms with E-state index in [0.29, 0.717) is 39.3 Å². The number of amides is 3. The molecule has 0 heterocycles. The number of rotatable bonds is 9. The highest BCUT2D eigenvalue weighted by Crippen LogP contribution is 2.22. The number of Topliss-reactive ketones (excluding diaryl/α,β-unsaturated/α-hetero) is 1.